The van der Waals surface area contributed by atoms with Gasteiger partial charge < -0.3 is 14.4 Å². The van der Waals surface area contributed by atoms with Gasteiger partial charge in [-0.15, -0.1) is 5.10 Å². The summed E-state index contributed by atoms with van der Waals surface area (Å²) in [4.78, 5) is 7.04. The van der Waals surface area contributed by atoms with Gasteiger partial charge in [0.15, 0.2) is 11.3 Å². The quantitative estimate of drug-likeness (QED) is 0.566. The molecule has 3 aromatic rings. The molecule has 0 unspecified atom stereocenters. The molecule has 1 aliphatic heterocycles. The van der Waals surface area contributed by atoms with E-state index in [0.717, 1.165) is 57.8 Å². The van der Waals surface area contributed by atoms with E-state index in [2.05, 4.69) is 44.1 Å². The molecule has 0 saturated heterocycles. The average molecular weight is 446 g/mol. The van der Waals surface area contributed by atoms with Gasteiger partial charge in [0.1, 0.15) is 5.75 Å². The van der Waals surface area contributed by atoms with Crippen molar-refractivity contribution in [3.05, 3.63) is 33.9 Å². The van der Waals surface area contributed by atoms with Crippen LogP contribution in [0.2, 0.25) is 0 Å². The molecule has 28 heavy (non-hydrogen) atoms. The van der Waals surface area contributed by atoms with Crippen LogP contribution in [0, 0.1) is 6.92 Å². The summed E-state index contributed by atoms with van der Waals surface area (Å²) in [6, 6.07) is 6.33. The van der Waals surface area contributed by atoms with Crippen molar-refractivity contribution < 1.29 is 9.47 Å². The second-order valence-corrected chi connectivity index (χ2v) is 7.94. The minimum atomic E-state index is 0.140. The van der Waals surface area contributed by atoms with E-state index in [1.54, 1.807) is 14.2 Å². The van der Waals surface area contributed by atoms with Gasteiger partial charge in [0.2, 0.25) is 0 Å². The molecule has 3 heterocycles. The third kappa shape index (κ3) is 3.14. The number of fused-ring (bicyclic) bond motifs is 2. The van der Waals surface area contributed by atoms with Crippen molar-refractivity contribution in [2.24, 2.45) is 0 Å². The molecule has 0 spiro atoms. The number of aryl methyl sites for hydroxylation is 1. The van der Waals surface area contributed by atoms with Crippen LogP contribution in [0.15, 0.2) is 22.7 Å². The standard InChI is InChI=1S/C20H24BrN5O2/c1-5-15(11-27-3)26-16-8-12(2)22-20(18(16)23-24-26)25-7-6-13-9-14(21)10-17(28-4)19(13)25/h8-10,15H,5-7,11H2,1-4H3/t15-/m1/s1. The zero-order valence-electron chi connectivity index (χ0n) is 16.6. The Morgan fingerprint density at radius 3 is 2.79 bits per heavy atom. The van der Waals surface area contributed by atoms with Crippen LogP contribution in [0.3, 0.4) is 0 Å². The zero-order chi connectivity index (χ0) is 19.8. The molecule has 2 aromatic heterocycles. The number of anilines is 2. The Labute approximate surface area is 172 Å². The van der Waals surface area contributed by atoms with Crippen LogP contribution in [0.5, 0.6) is 5.75 Å². The van der Waals surface area contributed by atoms with Gasteiger partial charge >= 0.3 is 0 Å². The van der Waals surface area contributed by atoms with Crippen molar-refractivity contribution in [2.45, 2.75) is 32.7 Å². The number of pyridine rings is 1. The first-order valence-electron chi connectivity index (χ1n) is 9.42. The molecule has 0 aliphatic carbocycles. The second kappa shape index (κ2) is 7.67. The molecule has 0 radical (unpaired) electrons. The molecular weight excluding hydrogens is 422 g/mol. The molecule has 0 N–H and O–H groups in total. The fraction of sp³-hybridized carbons (Fsp3) is 0.450. The van der Waals surface area contributed by atoms with Crippen molar-refractivity contribution in [3.8, 4) is 5.75 Å². The fourth-order valence-electron chi connectivity index (χ4n) is 3.89. The lowest BCUT2D eigenvalue weighted by molar-refractivity contribution is 0.148. The Morgan fingerprint density at radius 1 is 1.25 bits per heavy atom. The van der Waals surface area contributed by atoms with Crippen molar-refractivity contribution >= 4 is 38.5 Å². The summed E-state index contributed by atoms with van der Waals surface area (Å²) in [7, 11) is 3.41. The van der Waals surface area contributed by atoms with Gasteiger partial charge in [-0.3, -0.25) is 0 Å². The summed E-state index contributed by atoms with van der Waals surface area (Å²) in [5, 5.41) is 8.96. The molecule has 7 nitrogen and oxygen atoms in total. The van der Waals surface area contributed by atoms with Crippen LogP contribution in [0.25, 0.3) is 11.0 Å². The molecule has 0 fully saturated rings. The lowest BCUT2D eigenvalue weighted by Gasteiger charge is -2.22. The number of hydrogen-bond acceptors (Lipinski definition) is 6. The zero-order valence-corrected chi connectivity index (χ0v) is 18.2. The van der Waals surface area contributed by atoms with E-state index >= 15 is 0 Å². The maximum atomic E-state index is 5.67. The summed E-state index contributed by atoms with van der Waals surface area (Å²) >= 11 is 3.57. The second-order valence-electron chi connectivity index (χ2n) is 7.02. The van der Waals surface area contributed by atoms with Crippen molar-refractivity contribution in [3.63, 3.8) is 0 Å². The number of hydrogen-bond donors (Lipinski definition) is 0. The fourth-order valence-corrected chi connectivity index (χ4v) is 4.38. The summed E-state index contributed by atoms with van der Waals surface area (Å²) in [6.07, 6.45) is 1.84. The van der Waals surface area contributed by atoms with Gasteiger partial charge in [0, 0.05) is 23.8 Å². The highest BCUT2D eigenvalue weighted by atomic mass is 79.9. The van der Waals surface area contributed by atoms with E-state index in [-0.39, 0.29) is 6.04 Å². The number of halogens is 1. The topological polar surface area (TPSA) is 65.3 Å². The molecule has 8 heteroatoms. The number of benzene rings is 1. The molecule has 0 amide bonds. The number of rotatable bonds is 6. The third-order valence-electron chi connectivity index (χ3n) is 5.22. The Morgan fingerprint density at radius 2 is 2.07 bits per heavy atom. The van der Waals surface area contributed by atoms with Gasteiger partial charge in [-0.1, -0.05) is 28.1 Å². The van der Waals surface area contributed by atoms with Crippen LogP contribution < -0.4 is 9.64 Å². The molecule has 0 bridgehead atoms. The molecule has 4 rings (SSSR count). The Balaban J connectivity index is 1.87. The molecule has 148 valence electrons. The van der Waals surface area contributed by atoms with Crippen LogP contribution in [-0.2, 0) is 11.2 Å². The highest BCUT2D eigenvalue weighted by Gasteiger charge is 2.29. The molecule has 1 aromatic carbocycles. The smallest absolute Gasteiger partial charge is 0.163 e. The lowest BCUT2D eigenvalue weighted by Crippen LogP contribution is -2.17. The molecule has 1 aliphatic rings. The van der Waals surface area contributed by atoms with Crippen LogP contribution >= 0.6 is 15.9 Å². The monoisotopic (exact) mass is 445 g/mol. The van der Waals surface area contributed by atoms with Crippen LogP contribution in [0.1, 0.15) is 30.6 Å². The Bertz CT molecular complexity index is 1020. The number of ether oxygens (including phenoxy) is 2. The van der Waals surface area contributed by atoms with Gasteiger partial charge in [0.05, 0.1) is 31.0 Å². The van der Waals surface area contributed by atoms with Gasteiger partial charge in [-0.2, -0.15) is 0 Å². The van der Waals surface area contributed by atoms with Gasteiger partial charge in [-0.05, 0) is 43.5 Å². The van der Waals surface area contributed by atoms with E-state index in [9.17, 15) is 0 Å². The van der Waals surface area contributed by atoms with E-state index in [0.29, 0.717) is 6.61 Å². The normalized spacial score (nSPS) is 14.5. The van der Waals surface area contributed by atoms with Crippen LogP contribution in [-0.4, -0.2) is 47.3 Å². The highest BCUT2D eigenvalue weighted by Crippen LogP contribution is 2.44. The molecule has 0 saturated carbocycles. The minimum Gasteiger partial charge on any atom is -0.495 e. The summed E-state index contributed by atoms with van der Waals surface area (Å²) in [5.74, 6) is 1.66. The predicted molar refractivity (Wildman–Crippen MR) is 113 cm³/mol. The Hall–Kier alpha value is -2.19. The van der Waals surface area contributed by atoms with E-state index in [1.807, 2.05) is 23.7 Å². The first-order valence-corrected chi connectivity index (χ1v) is 10.2. The summed E-state index contributed by atoms with van der Waals surface area (Å²) in [6.45, 7) is 5.56. The Kier molecular flexibility index (Phi) is 5.25. The van der Waals surface area contributed by atoms with Crippen molar-refractivity contribution in [1.29, 1.82) is 0 Å². The summed E-state index contributed by atoms with van der Waals surface area (Å²) < 4.78 is 14.0. The minimum absolute atomic E-state index is 0.140. The number of aromatic nitrogens is 4. The number of methoxy groups -OCH3 is 2. The highest BCUT2D eigenvalue weighted by molar-refractivity contribution is 9.10. The van der Waals surface area contributed by atoms with Gasteiger partial charge in [-0.25, -0.2) is 9.67 Å². The number of nitrogens with zero attached hydrogens (tertiary/aromatic N) is 5. The van der Waals surface area contributed by atoms with Crippen molar-refractivity contribution in [2.75, 3.05) is 32.3 Å². The van der Waals surface area contributed by atoms with E-state index in [4.69, 9.17) is 14.5 Å². The van der Waals surface area contributed by atoms with E-state index < -0.39 is 0 Å². The average Bonchev–Trinajstić information content (AvgIpc) is 3.29. The van der Waals surface area contributed by atoms with Gasteiger partial charge in [0.25, 0.3) is 0 Å². The molecular formula is C20H24BrN5O2. The first-order chi connectivity index (χ1) is 13.6. The van der Waals surface area contributed by atoms with E-state index in [1.165, 1.54) is 5.56 Å². The molecule has 1 atom stereocenters. The largest absolute Gasteiger partial charge is 0.495 e. The lowest BCUT2D eigenvalue weighted by atomic mass is 10.1. The van der Waals surface area contributed by atoms with Crippen molar-refractivity contribution in [1.82, 2.24) is 20.0 Å². The maximum absolute atomic E-state index is 5.67. The third-order valence-corrected chi connectivity index (χ3v) is 5.67. The first kappa shape index (κ1) is 19.1. The maximum Gasteiger partial charge on any atom is 0.163 e. The predicted octanol–water partition coefficient (Wildman–Crippen LogP) is 4.20. The van der Waals surface area contributed by atoms with Crippen LogP contribution in [0.4, 0.5) is 11.5 Å². The SMILES string of the molecule is CC[C@H](COC)n1nnc2c(N3CCc4cc(Br)cc(OC)c43)nc(C)cc21. The summed E-state index contributed by atoms with van der Waals surface area (Å²) in [5.41, 5.74) is 5.02.